The number of ether oxygens (including phenoxy) is 1. The molecule has 0 radical (unpaired) electrons. The maximum atomic E-state index is 11.6. The van der Waals surface area contributed by atoms with E-state index >= 15 is 0 Å². The molecular formula is C11H21N3O2. The fourth-order valence-electron chi connectivity index (χ4n) is 2.27. The van der Waals surface area contributed by atoms with Crippen molar-refractivity contribution in [2.75, 3.05) is 26.3 Å². The van der Waals surface area contributed by atoms with E-state index < -0.39 is 0 Å². The van der Waals surface area contributed by atoms with Gasteiger partial charge >= 0.3 is 6.03 Å². The number of hydrogen-bond donors (Lipinski definition) is 3. The summed E-state index contributed by atoms with van der Waals surface area (Å²) in [5.74, 6) is 0. The first-order chi connectivity index (χ1) is 7.84. The maximum absolute atomic E-state index is 11.6. The SMILES string of the molecule is O=C(NCC1COCCN1)NC1CCCC1. The van der Waals surface area contributed by atoms with Crippen molar-refractivity contribution >= 4 is 6.03 Å². The first-order valence-electron chi connectivity index (χ1n) is 6.20. The summed E-state index contributed by atoms with van der Waals surface area (Å²) in [7, 11) is 0. The van der Waals surface area contributed by atoms with Crippen LogP contribution in [0.2, 0.25) is 0 Å². The van der Waals surface area contributed by atoms with E-state index in [1.807, 2.05) is 0 Å². The summed E-state index contributed by atoms with van der Waals surface area (Å²) < 4.78 is 5.31. The highest BCUT2D eigenvalue weighted by Crippen LogP contribution is 2.17. The summed E-state index contributed by atoms with van der Waals surface area (Å²) in [6.45, 7) is 2.96. The summed E-state index contributed by atoms with van der Waals surface area (Å²) >= 11 is 0. The third-order valence-electron chi connectivity index (χ3n) is 3.20. The lowest BCUT2D eigenvalue weighted by Crippen LogP contribution is -2.51. The molecule has 16 heavy (non-hydrogen) atoms. The highest BCUT2D eigenvalue weighted by Gasteiger charge is 2.18. The first kappa shape index (κ1) is 11.7. The molecular weight excluding hydrogens is 206 g/mol. The number of rotatable bonds is 3. The number of amides is 2. The second-order valence-corrected chi connectivity index (χ2v) is 4.56. The molecule has 2 fully saturated rings. The minimum absolute atomic E-state index is 0.0423. The van der Waals surface area contributed by atoms with Crippen LogP contribution in [-0.4, -0.2) is 44.4 Å². The van der Waals surface area contributed by atoms with E-state index in [1.54, 1.807) is 0 Å². The predicted molar refractivity (Wildman–Crippen MR) is 61.4 cm³/mol. The van der Waals surface area contributed by atoms with Gasteiger partial charge in [-0.15, -0.1) is 0 Å². The lowest BCUT2D eigenvalue weighted by molar-refractivity contribution is 0.0774. The molecule has 0 bridgehead atoms. The predicted octanol–water partition coefficient (Wildman–Crippen LogP) is 0.217. The maximum Gasteiger partial charge on any atom is 0.315 e. The third-order valence-corrected chi connectivity index (χ3v) is 3.20. The Morgan fingerprint density at radius 1 is 1.38 bits per heavy atom. The molecule has 1 saturated heterocycles. The summed E-state index contributed by atoms with van der Waals surface area (Å²) in [6, 6.07) is 0.595. The van der Waals surface area contributed by atoms with Crippen LogP contribution in [0.1, 0.15) is 25.7 Å². The van der Waals surface area contributed by atoms with E-state index in [2.05, 4.69) is 16.0 Å². The van der Waals surface area contributed by atoms with Gasteiger partial charge in [-0.3, -0.25) is 0 Å². The molecule has 0 spiro atoms. The van der Waals surface area contributed by atoms with Crippen molar-refractivity contribution in [1.29, 1.82) is 0 Å². The second kappa shape index (κ2) is 6.06. The highest BCUT2D eigenvalue weighted by atomic mass is 16.5. The van der Waals surface area contributed by atoms with Crippen LogP contribution in [0.3, 0.4) is 0 Å². The molecule has 2 rings (SSSR count). The number of carbonyl (C=O) groups is 1. The average molecular weight is 227 g/mol. The van der Waals surface area contributed by atoms with Crippen LogP contribution in [0.25, 0.3) is 0 Å². The van der Waals surface area contributed by atoms with Crippen molar-refractivity contribution in [3.8, 4) is 0 Å². The fraction of sp³-hybridized carbons (Fsp3) is 0.909. The largest absolute Gasteiger partial charge is 0.378 e. The smallest absolute Gasteiger partial charge is 0.315 e. The van der Waals surface area contributed by atoms with Crippen LogP contribution in [0, 0.1) is 0 Å². The van der Waals surface area contributed by atoms with Gasteiger partial charge in [0, 0.05) is 25.2 Å². The normalized spacial score (nSPS) is 26.6. The van der Waals surface area contributed by atoms with Crippen molar-refractivity contribution in [2.45, 2.75) is 37.8 Å². The molecule has 1 atom stereocenters. The molecule has 5 nitrogen and oxygen atoms in total. The van der Waals surface area contributed by atoms with Crippen molar-refractivity contribution < 1.29 is 9.53 Å². The number of morpholine rings is 1. The number of carbonyl (C=O) groups excluding carboxylic acids is 1. The summed E-state index contributed by atoms with van der Waals surface area (Å²) in [5, 5.41) is 9.19. The summed E-state index contributed by atoms with van der Waals surface area (Å²) in [5.41, 5.74) is 0. The van der Waals surface area contributed by atoms with Crippen molar-refractivity contribution in [2.24, 2.45) is 0 Å². The van der Waals surface area contributed by atoms with Crippen LogP contribution >= 0.6 is 0 Å². The van der Waals surface area contributed by atoms with E-state index in [0.29, 0.717) is 19.2 Å². The minimum Gasteiger partial charge on any atom is -0.378 e. The monoisotopic (exact) mass is 227 g/mol. The van der Waals surface area contributed by atoms with E-state index in [-0.39, 0.29) is 12.1 Å². The Morgan fingerprint density at radius 3 is 2.88 bits per heavy atom. The quantitative estimate of drug-likeness (QED) is 0.646. The molecule has 0 aromatic heterocycles. The first-order valence-corrected chi connectivity index (χ1v) is 6.20. The molecule has 1 saturated carbocycles. The lowest BCUT2D eigenvalue weighted by Gasteiger charge is -2.24. The van der Waals surface area contributed by atoms with Gasteiger partial charge < -0.3 is 20.7 Å². The molecule has 1 aliphatic heterocycles. The molecule has 0 aromatic carbocycles. The van der Waals surface area contributed by atoms with E-state index in [4.69, 9.17) is 4.74 Å². The standard InChI is InChI=1S/C11H21N3O2/c15-11(14-9-3-1-2-4-9)13-7-10-8-16-6-5-12-10/h9-10,12H,1-8H2,(H2,13,14,15). The second-order valence-electron chi connectivity index (χ2n) is 4.56. The molecule has 2 amide bonds. The molecule has 2 aliphatic rings. The van der Waals surface area contributed by atoms with Crippen LogP contribution in [-0.2, 0) is 4.74 Å². The summed E-state index contributed by atoms with van der Waals surface area (Å²) in [6.07, 6.45) is 4.72. The summed E-state index contributed by atoms with van der Waals surface area (Å²) in [4.78, 5) is 11.6. The Kier molecular flexibility index (Phi) is 4.42. The fourth-order valence-corrected chi connectivity index (χ4v) is 2.27. The van der Waals surface area contributed by atoms with Gasteiger partial charge in [-0.25, -0.2) is 4.79 Å². The molecule has 1 unspecified atom stereocenters. The lowest BCUT2D eigenvalue weighted by atomic mass is 10.2. The van der Waals surface area contributed by atoms with Gasteiger partial charge in [0.1, 0.15) is 0 Å². The third kappa shape index (κ3) is 3.64. The van der Waals surface area contributed by atoms with Gasteiger partial charge in [-0.1, -0.05) is 12.8 Å². The Balaban J connectivity index is 1.59. The van der Waals surface area contributed by atoms with Crippen molar-refractivity contribution in [3.05, 3.63) is 0 Å². The van der Waals surface area contributed by atoms with Crippen LogP contribution < -0.4 is 16.0 Å². The zero-order valence-electron chi connectivity index (χ0n) is 9.63. The van der Waals surface area contributed by atoms with Crippen LogP contribution in [0.15, 0.2) is 0 Å². The highest BCUT2D eigenvalue weighted by molar-refractivity contribution is 5.74. The Morgan fingerprint density at radius 2 is 2.19 bits per heavy atom. The Hall–Kier alpha value is -0.810. The molecule has 92 valence electrons. The van der Waals surface area contributed by atoms with Gasteiger partial charge in [0.2, 0.25) is 0 Å². The Bertz CT molecular complexity index is 223. The topological polar surface area (TPSA) is 62.4 Å². The molecule has 0 aromatic rings. The van der Waals surface area contributed by atoms with Crippen LogP contribution in [0.5, 0.6) is 0 Å². The molecule has 5 heteroatoms. The zero-order chi connectivity index (χ0) is 11.2. The molecule has 1 aliphatic carbocycles. The van der Waals surface area contributed by atoms with Gasteiger partial charge in [0.15, 0.2) is 0 Å². The van der Waals surface area contributed by atoms with E-state index in [1.165, 1.54) is 12.8 Å². The van der Waals surface area contributed by atoms with Gasteiger partial charge in [-0.05, 0) is 12.8 Å². The number of nitrogens with one attached hydrogen (secondary N) is 3. The number of urea groups is 1. The molecule has 3 N–H and O–H groups in total. The van der Waals surface area contributed by atoms with E-state index in [0.717, 1.165) is 26.0 Å². The van der Waals surface area contributed by atoms with Gasteiger partial charge in [0.25, 0.3) is 0 Å². The average Bonchev–Trinajstić information content (AvgIpc) is 2.81. The number of hydrogen-bond acceptors (Lipinski definition) is 3. The van der Waals surface area contributed by atoms with Gasteiger partial charge in [0.05, 0.1) is 13.2 Å². The zero-order valence-corrected chi connectivity index (χ0v) is 9.63. The Labute approximate surface area is 96.3 Å². The van der Waals surface area contributed by atoms with Gasteiger partial charge in [-0.2, -0.15) is 0 Å². The molecule has 1 heterocycles. The van der Waals surface area contributed by atoms with Crippen molar-refractivity contribution in [1.82, 2.24) is 16.0 Å². The minimum atomic E-state index is -0.0423. The van der Waals surface area contributed by atoms with Crippen molar-refractivity contribution in [3.63, 3.8) is 0 Å². The van der Waals surface area contributed by atoms with Crippen LogP contribution in [0.4, 0.5) is 4.79 Å². The van der Waals surface area contributed by atoms with E-state index in [9.17, 15) is 4.79 Å².